The molecule has 5 heteroatoms. The van der Waals surface area contributed by atoms with Crippen molar-refractivity contribution in [3.63, 3.8) is 0 Å². The first-order valence-corrected chi connectivity index (χ1v) is 6.96. The van der Waals surface area contributed by atoms with E-state index in [1.807, 2.05) is 24.8 Å². The molecule has 0 aliphatic rings. The highest BCUT2D eigenvalue weighted by atomic mass is 16.5. The van der Waals surface area contributed by atoms with Gasteiger partial charge >= 0.3 is 0 Å². The molecule has 2 N–H and O–H groups in total. The summed E-state index contributed by atoms with van der Waals surface area (Å²) in [5.41, 5.74) is 1.01. The first kappa shape index (κ1) is 16.3. The fraction of sp³-hybridized carbons (Fsp3) is 0.533. The van der Waals surface area contributed by atoms with E-state index >= 15 is 0 Å². The van der Waals surface area contributed by atoms with Gasteiger partial charge in [0.05, 0.1) is 7.11 Å². The molecule has 0 unspecified atom stereocenters. The van der Waals surface area contributed by atoms with Gasteiger partial charge in [-0.15, -0.1) is 0 Å². The van der Waals surface area contributed by atoms with E-state index in [9.17, 15) is 9.90 Å². The number of carbonyl (C=O) groups is 1. The maximum atomic E-state index is 11.8. The van der Waals surface area contributed by atoms with Gasteiger partial charge in [-0.3, -0.25) is 4.79 Å². The Hall–Kier alpha value is -1.75. The van der Waals surface area contributed by atoms with Crippen molar-refractivity contribution in [2.45, 2.75) is 26.8 Å². The zero-order chi connectivity index (χ0) is 15.0. The Morgan fingerprint density at radius 2 is 2.05 bits per heavy atom. The molecule has 112 valence electrons. The van der Waals surface area contributed by atoms with E-state index in [0.717, 1.165) is 18.7 Å². The molecule has 0 aliphatic heterocycles. The number of nitrogens with one attached hydrogen (secondary N) is 1. The molecule has 0 bridgehead atoms. The summed E-state index contributed by atoms with van der Waals surface area (Å²) in [5, 5.41) is 12.7. The van der Waals surface area contributed by atoms with Crippen LogP contribution in [0.1, 0.15) is 25.8 Å². The molecule has 1 rings (SSSR count). The van der Waals surface area contributed by atoms with E-state index < -0.39 is 0 Å². The van der Waals surface area contributed by atoms with Crippen LogP contribution >= 0.6 is 0 Å². The van der Waals surface area contributed by atoms with Crippen molar-refractivity contribution in [3.8, 4) is 11.5 Å². The van der Waals surface area contributed by atoms with Crippen molar-refractivity contribution in [1.29, 1.82) is 0 Å². The summed E-state index contributed by atoms with van der Waals surface area (Å²) in [6.07, 6.45) is 0.497. The molecule has 0 fully saturated rings. The molecule has 0 aliphatic carbocycles. The molecule has 0 aromatic heterocycles. The number of hydrogen-bond acceptors (Lipinski definition) is 4. The number of phenolic OH excluding ortho intramolecular Hbond substituents is 1. The molecule has 0 heterocycles. The number of nitrogens with zero attached hydrogens (tertiary/aromatic N) is 1. The molecule has 1 aromatic rings. The van der Waals surface area contributed by atoms with Crippen LogP contribution in [0.4, 0.5) is 0 Å². The van der Waals surface area contributed by atoms with Gasteiger partial charge in [-0.1, -0.05) is 6.07 Å². The lowest BCUT2D eigenvalue weighted by molar-refractivity contribution is -0.130. The van der Waals surface area contributed by atoms with Gasteiger partial charge in [0.1, 0.15) is 0 Å². The average Bonchev–Trinajstić information content (AvgIpc) is 2.46. The molecule has 0 atom stereocenters. The van der Waals surface area contributed by atoms with E-state index in [1.54, 1.807) is 12.1 Å². The number of amides is 1. The third kappa shape index (κ3) is 4.74. The third-order valence-electron chi connectivity index (χ3n) is 3.21. The normalized spacial score (nSPS) is 10.3. The van der Waals surface area contributed by atoms with Gasteiger partial charge in [-0.25, -0.2) is 0 Å². The van der Waals surface area contributed by atoms with Crippen molar-refractivity contribution in [3.05, 3.63) is 23.8 Å². The van der Waals surface area contributed by atoms with Crippen LogP contribution in [0.15, 0.2) is 18.2 Å². The van der Waals surface area contributed by atoms with Crippen molar-refractivity contribution in [2.75, 3.05) is 26.7 Å². The summed E-state index contributed by atoms with van der Waals surface area (Å²) in [5.74, 6) is 0.766. The van der Waals surface area contributed by atoms with Gasteiger partial charge in [0.25, 0.3) is 0 Å². The van der Waals surface area contributed by atoms with Crippen LogP contribution in [0.2, 0.25) is 0 Å². The first-order valence-electron chi connectivity index (χ1n) is 6.96. The molecule has 1 amide bonds. The molecule has 0 saturated heterocycles. The summed E-state index contributed by atoms with van der Waals surface area (Å²) < 4.78 is 5.05. The highest BCUT2D eigenvalue weighted by Crippen LogP contribution is 2.26. The van der Waals surface area contributed by atoms with Crippen molar-refractivity contribution >= 4 is 5.91 Å². The monoisotopic (exact) mass is 280 g/mol. The molecule has 0 spiro atoms. The van der Waals surface area contributed by atoms with Crippen LogP contribution in [-0.4, -0.2) is 42.7 Å². The van der Waals surface area contributed by atoms with E-state index in [0.29, 0.717) is 25.3 Å². The number of carbonyl (C=O) groups excluding carboxylic acids is 1. The lowest BCUT2D eigenvalue weighted by Gasteiger charge is -2.18. The number of hydrogen-bond donors (Lipinski definition) is 2. The molecular formula is C15H24N2O3. The second-order valence-electron chi connectivity index (χ2n) is 4.50. The number of aromatic hydroxyl groups is 1. The minimum Gasteiger partial charge on any atom is -0.504 e. The maximum absolute atomic E-state index is 11.8. The summed E-state index contributed by atoms with van der Waals surface area (Å²) in [6, 6.07) is 5.22. The quantitative estimate of drug-likeness (QED) is 0.712. The second kappa shape index (κ2) is 8.43. The smallest absolute Gasteiger partial charge is 0.223 e. The summed E-state index contributed by atoms with van der Waals surface area (Å²) in [4.78, 5) is 13.6. The van der Waals surface area contributed by atoms with E-state index in [-0.39, 0.29) is 11.7 Å². The van der Waals surface area contributed by atoms with Gasteiger partial charge in [0.2, 0.25) is 5.91 Å². The number of phenols is 1. The van der Waals surface area contributed by atoms with Crippen LogP contribution in [0, 0.1) is 0 Å². The van der Waals surface area contributed by atoms with Crippen LogP contribution in [0.5, 0.6) is 11.5 Å². The summed E-state index contributed by atoms with van der Waals surface area (Å²) in [6.45, 7) is 6.75. The number of methoxy groups -OCH3 is 1. The van der Waals surface area contributed by atoms with E-state index in [4.69, 9.17) is 4.74 Å². The summed E-state index contributed by atoms with van der Waals surface area (Å²) in [7, 11) is 1.52. The fourth-order valence-electron chi connectivity index (χ4n) is 1.99. The van der Waals surface area contributed by atoms with Gasteiger partial charge in [-0.05, 0) is 31.5 Å². The summed E-state index contributed by atoms with van der Waals surface area (Å²) >= 11 is 0. The van der Waals surface area contributed by atoms with Crippen molar-refractivity contribution < 1.29 is 14.6 Å². The minimum atomic E-state index is 0.132. The predicted molar refractivity (Wildman–Crippen MR) is 78.9 cm³/mol. The van der Waals surface area contributed by atoms with Gasteiger partial charge in [0.15, 0.2) is 11.5 Å². The van der Waals surface area contributed by atoms with Gasteiger partial charge in [-0.2, -0.15) is 0 Å². The molecule has 1 aromatic carbocycles. The largest absolute Gasteiger partial charge is 0.504 e. The molecule has 0 saturated carbocycles. The molecule has 20 heavy (non-hydrogen) atoms. The Labute approximate surface area is 120 Å². The highest BCUT2D eigenvalue weighted by Gasteiger charge is 2.08. The fourth-order valence-corrected chi connectivity index (χ4v) is 1.99. The lowest BCUT2D eigenvalue weighted by Crippen LogP contribution is -2.32. The molecule has 5 nitrogen and oxygen atoms in total. The Bertz CT molecular complexity index is 431. The Balaban J connectivity index is 2.36. The zero-order valence-electron chi connectivity index (χ0n) is 12.5. The molecule has 0 radical (unpaired) electrons. The Morgan fingerprint density at radius 1 is 1.35 bits per heavy atom. The average molecular weight is 280 g/mol. The van der Waals surface area contributed by atoms with Crippen LogP contribution in [0.3, 0.4) is 0 Å². The van der Waals surface area contributed by atoms with Crippen LogP contribution in [-0.2, 0) is 11.3 Å². The lowest BCUT2D eigenvalue weighted by atomic mass is 10.2. The Kier molecular flexibility index (Phi) is 6.87. The maximum Gasteiger partial charge on any atom is 0.223 e. The van der Waals surface area contributed by atoms with Crippen molar-refractivity contribution in [1.82, 2.24) is 10.2 Å². The highest BCUT2D eigenvalue weighted by molar-refractivity contribution is 5.76. The van der Waals surface area contributed by atoms with Crippen LogP contribution < -0.4 is 10.1 Å². The Morgan fingerprint density at radius 3 is 2.65 bits per heavy atom. The number of rotatable bonds is 8. The SMILES string of the molecule is CCN(CC)C(=O)CCNCc1ccc(O)c(OC)c1. The topological polar surface area (TPSA) is 61.8 Å². The van der Waals surface area contributed by atoms with Crippen molar-refractivity contribution in [2.24, 2.45) is 0 Å². The van der Waals surface area contributed by atoms with E-state index in [2.05, 4.69) is 5.32 Å². The zero-order valence-corrected chi connectivity index (χ0v) is 12.5. The number of benzene rings is 1. The van der Waals surface area contributed by atoms with Crippen LogP contribution in [0.25, 0.3) is 0 Å². The van der Waals surface area contributed by atoms with E-state index in [1.165, 1.54) is 7.11 Å². The van der Waals surface area contributed by atoms with Gasteiger partial charge < -0.3 is 20.1 Å². The van der Waals surface area contributed by atoms with Gasteiger partial charge in [0, 0.05) is 32.6 Å². The minimum absolute atomic E-state index is 0.132. The third-order valence-corrected chi connectivity index (χ3v) is 3.21. The standard InChI is InChI=1S/C15H24N2O3/c1-4-17(5-2)15(19)8-9-16-11-12-6-7-13(18)14(10-12)20-3/h6-7,10,16,18H,4-5,8-9,11H2,1-3H3. The predicted octanol–water partition coefficient (Wildman–Crippen LogP) is 1.75. The second-order valence-corrected chi connectivity index (χ2v) is 4.50. The molecular weight excluding hydrogens is 256 g/mol. The number of ether oxygens (including phenoxy) is 1. The first-order chi connectivity index (χ1) is 9.62.